The van der Waals surface area contributed by atoms with Crippen molar-refractivity contribution in [2.45, 2.75) is 63.6 Å². The fraction of sp³-hybridized carbons (Fsp3) is 0.375. The van der Waals surface area contributed by atoms with Gasteiger partial charge >= 0.3 is 0 Å². The van der Waals surface area contributed by atoms with Gasteiger partial charge in [-0.3, -0.25) is 9.97 Å². The summed E-state index contributed by atoms with van der Waals surface area (Å²) in [6, 6.07) is 19.0. The number of para-hydroxylation sites is 1. The molecule has 2 aromatic carbocycles. The number of hydrogen-bond acceptors (Lipinski definition) is 5. The van der Waals surface area contributed by atoms with Crippen LogP contribution in [0.25, 0.3) is 22.0 Å². The van der Waals surface area contributed by atoms with Crippen molar-refractivity contribution in [1.82, 2.24) is 9.97 Å². The number of benzene rings is 2. The van der Waals surface area contributed by atoms with E-state index in [4.69, 9.17) is 4.98 Å². The lowest BCUT2D eigenvalue weighted by molar-refractivity contribution is 0.00725. The van der Waals surface area contributed by atoms with Crippen molar-refractivity contribution >= 4 is 16.6 Å². The predicted octanol–water partition coefficient (Wildman–Crippen LogP) is 6.20. The standard InChI is InChI=1S/C32H35N3O2/c1-21-7-9-22(10-8-21)25-5-4-6-26-29(23-11-12-23)27(20-34-30(25)26)35-17-15-32(37,16-18-35)28-14-13-24(19-33-28)31(2,3)36/h4-10,13-14,19-20,23,36-37H,11-12,15-18H2,1-3H3. The first-order valence-corrected chi connectivity index (χ1v) is 13.4. The van der Waals surface area contributed by atoms with E-state index in [9.17, 15) is 10.2 Å². The smallest absolute Gasteiger partial charge is 0.110 e. The largest absolute Gasteiger partial charge is 0.386 e. The van der Waals surface area contributed by atoms with Crippen LogP contribution in [0.2, 0.25) is 0 Å². The normalized spacial score (nSPS) is 17.8. The lowest BCUT2D eigenvalue weighted by Gasteiger charge is -2.39. The highest BCUT2D eigenvalue weighted by Gasteiger charge is 2.38. The number of fused-ring (bicyclic) bond motifs is 1. The highest BCUT2D eigenvalue weighted by atomic mass is 16.3. The van der Waals surface area contributed by atoms with Crippen molar-refractivity contribution in [1.29, 1.82) is 0 Å². The number of aromatic nitrogens is 2. The Hall–Kier alpha value is -3.28. The molecule has 3 heterocycles. The Morgan fingerprint density at radius 3 is 2.27 bits per heavy atom. The zero-order chi connectivity index (χ0) is 25.8. The van der Waals surface area contributed by atoms with Crippen LogP contribution in [0.15, 0.2) is 67.0 Å². The minimum absolute atomic E-state index is 0.575. The summed E-state index contributed by atoms with van der Waals surface area (Å²) in [6.45, 7) is 7.10. The molecule has 37 heavy (non-hydrogen) atoms. The zero-order valence-electron chi connectivity index (χ0n) is 21.9. The van der Waals surface area contributed by atoms with Gasteiger partial charge in [-0.25, -0.2) is 0 Å². The first-order chi connectivity index (χ1) is 17.7. The maximum absolute atomic E-state index is 11.5. The van der Waals surface area contributed by atoms with Gasteiger partial charge in [-0.2, -0.15) is 0 Å². The summed E-state index contributed by atoms with van der Waals surface area (Å²) in [6.07, 6.45) is 7.39. The molecule has 2 fully saturated rings. The number of rotatable bonds is 5. The summed E-state index contributed by atoms with van der Waals surface area (Å²) in [7, 11) is 0. The Labute approximate surface area is 218 Å². The number of anilines is 1. The van der Waals surface area contributed by atoms with Gasteiger partial charge in [0.15, 0.2) is 0 Å². The van der Waals surface area contributed by atoms with Crippen molar-refractivity contribution in [3.8, 4) is 11.1 Å². The van der Waals surface area contributed by atoms with Crippen LogP contribution in [-0.2, 0) is 11.2 Å². The van der Waals surface area contributed by atoms with Crippen LogP contribution in [0.3, 0.4) is 0 Å². The van der Waals surface area contributed by atoms with E-state index in [1.165, 1.54) is 46.2 Å². The highest BCUT2D eigenvalue weighted by molar-refractivity contribution is 5.98. The molecule has 1 saturated heterocycles. The topological polar surface area (TPSA) is 69.5 Å². The summed E-state index contributed by atoms with van der Waals surface area (Å²) >= 11 is 0. The number of nitrogens with zero attached hydrogens (tertiary/aromatic N) is 3. The molecule has 5 heteroatoms. The van der Waals surface area contributed by atoms with Crippen molar-refractivity contribution < 1.29 is 10.2 Å². The summed E-state index contributed by atoms with van der Waals surface area (Å²) in [4.78, 5) is 12.0. The number of piperidine rings is 1. The molecule has 0 radical (unpaired) electrons. The lowest BCUT2D eigenvalue weighted by atomic mass is 9.86. The highest BCUT2D eigenvalue weighted by Crippen LogP contribution is 2.49. The Morgan fingerprint density at radius 2 is 1.65 bits per heavy atom. The van der Waals surface area contributed by atoms with E-state index in [1.807, 2.05) is 12.1 Å². The molecule has 190 valence electrons. The van der Waals surface area contributed by atoms with E-state index in [1.54, 1.807) is 20.0 Å². The van der Waals surface area contributed by atoms with Gasteiger partial charge in [-0.15, -0.1) is 0 Å². The lowest BCUT2D eigenvalue weighted by Crippen LogP contribution is -2.43. The van der Waals surface area contributed by atoms with Crippen molar-refractivity contribution in [2.75, 3.05) is 18.0 Å². The van der Waals surface area contributed by atoms with Crippen LogP contribution < -0.4 is 4.90 Å². The average Bonchev–Trinajstić information content (AvgIpc) is 3.74. The summed E-state index contributed by atoms with van der Waals surface area (Å²) in [5, 5.41) is 23.0. The van der Waals surface area contributed by atoms with Crippen molar-refractivity contribution in [2.24, 2.45) is 0 Å². The molecule has 2 N–H and O–H groups in total. The number of hydrogen-bond donors (Lipinski definition) is 2. The number of aliphatic hydroxyl groups is 2. The molecule has 0 amide bonds. The van der Waals surface area contributed by atoms with E-state index < -0.39 is 11.2 Å². The molecule has 0 bridgehead atoms. The molecule has 4 aromatic rings. The van der Waals surface area contributed by atoms with Crippen LogP contribution in [0.5, 0.6) is 0 Å². The molecule has 1 aliphatic carbocycles. The summed E-state index contributed by atoms with van der Waals surface area (Å²) < 4.78 is 0. The Morgan fingerprint density at radius 1 is 0.919 bits per heavy atom. The zero-order valence-corrected chi connectivity index (χ0v) is 21.9. The van der Waals surface area contributed by atoms with Gasteiger partial charge in [0.25, 0.3) is 0 Å². The molecule has 1 saturated carbocycles. The first kappa shape index (κ1) is 24.1. The van der Waals surface area contributed by atoms with E-state index in [2.05, 4.69) is 65.5 Å². The maximum atomic E-state index is 11.5. The van der Waals surface area contributed by atoms with Gasteiger partial charge in [0, 0.05) is 35.8 Å². The minimum Gasteiger partial charge on any atom is -0.386 e. The van der Waals surface area contributed by atoms with E-state index >= 15 is 0 Å². The van der Waals surface area contributed by atoms with Gasteiger partial charge in [0.1, 0.15) is 5.60 Å². The van der Waals surface area contributed by atoms with Crippen LogP contribution in [0.1, 0.15) is 67.8 Å². The van der Waals surface area contributed by atoms with Crippen molar-refractivity contribution in [3.63, 3.8) is 0 Å². The third-order valence-corrected chi connectivity index (χ3v) is 8.14. The molecule has 0 unspecified atom stereocenters. The van der Waals surface area contributed by atoms with E-state index in [0.717, 1.165) is 24.2 Å². The molecule has 1 aliphatic heterocycles. The molecule has 0 spiro atoms. The molecule has 6 rings (SSSR count). The summed E-state index contributed by atoms with van der Waals surface area (Å²) in [5.74, 6) is 0.575. The second-order valence-electron chi connectivity index (χ2n) is 11.4. The quantitative estimate of drug-likeness (QED) is 0.347. The van der Waals surface area contributed by atoms with Gasteiger partial charge in [0.05, 0.1) is 28.7 Å². The molecular weight excluding hydrogens is 458 g/mol. The second kappa shape index (κ2) is 8.93. The molecule has 2 aliphatic rings. The van der Waals surface area contributed by atoms with Gasteiger partial charge in [0.2, 0.25) is 0 Å². The van der Waals surface area contributed by atoms with Crippen LogP contribution >= 0.6 is 0 Å². The van der Waals surface area contributed by atoms with Gasteiger partial charge in [-0.1, -0.05) is 54.1 Å². The van der Waals surface area contributed by atoms with E-state index in [0.29, 0.717) is 24.5 Å². The van der Waals surface area contributed by atoms with Gasteiger partial charge in [-0.05, 0) is 69.6 Å². The van der Waals surface area contributed by atoms with Crippen molar-refractivity contribution in [3.05, 3.63) is 89.4 Å². The SMILES string of the molecule is Cc1ccc(-c2cccc3c(C4CC4)c(N4CCC(O)(c5ccc(C(C)(C)O)cn5)CC4)cnc23)cc1. The molecule has 2 aromatic heterocycles. The Kier molecular flexibility index (Phi) is 5.81. The van der Waals surface area contributed by atoms with Gasteiger partial charge < -0.3 is 15.1 Å². The maximum Gasteiger partial charge on any atom is 0.110 e. The second-order valence-corrected chi connectivity index (χ2v) is 11.4. The number of aryl methyl sites for hydroxylation is 1. The molecule has 5 nitrogen and oxygen atoms in total. The Balaban J connectivity index is 1.30. The third-order valence-electron chi connectivity index (χ3n) is 8.14. The number of pyridine rings is 2. The monoisotopic (exact) mass is 493 g/mol. The van der Waals surface area contributed by atoms with Crippen LogP contribution in [0, 0.1) is 6.92 Å². The fourth-order valence-corrected chi connectivity index (χ4v) is 5.66. The molecule has 0 atom stereocenters. The summed E-state index contributed by atoms with van der Waals surface area (Å²) in [5.41, 5.74) is 6.86. The third kappa shape index (κ3) is 4.51. The first-order valence-electron chi connectivity index (χ1n) is 13.4. The fourth-order valence-electron chi connectivity index (χ4n) is 5.66. The average molecular weight is 494 g/mol. The van der Waals surface area contributed by atoms with Crippen LogP contribution in [-0.4, -0.2) is 33.3 Å². The molecular formula is C32H35N3O2. The van der Waals surface area contributed by atoms with Crippen LogP contribution in [0.4, 0.5) is 5.69 Å². The minimum atomic E-state index is -0.961. The van der Waals surface area contributed by atoms with E-state index in [-0.39, 0.29) is 0 Å². The Bertz CT molecular complexity index is 1430. The predicted molar refractivity (Wildman–Crippen MR) is 149 cm³/mol.